The summed E-state index contributed by atoms with van der Waals surface area (Å²) in [6, 6.07) is 3.39. The minimum atomic E-state index is -4.42. The van der Waals surface area contributed by atoms with Gasteiger partial charge in [-0.2, -0.15) is 13.2 Å². The summed E-state index contributed by atoms with van der Waals surface area (Å²) < 4.78 is 61.1. The number of halogens is 4. The Morgan fingerprint density at radius 1 is 1.32 bits per heavy atom. The first kappa shape index (κ1) is 17.4. The number of alkyl halides is 3. The lowest BCUT2D eigenvalue weighted by atomic mass is 10.2. The van der Waals surface area contributed by atoms with Crippen LogP contribution in [0.1, 0.15) is 19.3 Å². The summed E-state index contributed by atoms with van der Waals surface area (Å²) in [5.74, 6) is -0.719. The molecule has 8 heteroatoms. The molecule has 0 amide bonds. The van der Waals surface area contributed by atoms with E-state index in [1.807, 2.05) is 0 Å². The summed E-state index contributed by atoms with van der Waals surface area (Å²) in [6.07, 6.45) is 2.72. The van der Waals surface area contributed by atoms with Gasteiger partial charge in [0, 0.05) is 18.0 Å². The fraction of sp³-hybridized carbons (Fsp3) is 0.571. The van der Waals surface area contributed by atoms with Crippen LogP contribution in [0.3, 0.4) is 0 Å². The molecule has 0 aromatic heterocycles. The molecule has 124 valence electrons. The predicted octanol–water partition coefficient (Wildman–Crippen LogP) is 4.39. The van der Waals surface area contributed by atoms with Crippen LogP contribution in [-0.2, 0) is 9.47 Å². The van der Waals surface area contributed by atoms with Crippen molar-refractivity contribution in [1.82, 2.24) is 0 Å². The topological polar surface area (TPSA) is 30.5 Å². The molecule has 0 aliphatic carbocycles. The summed E-state index contributed by atoms with van der Waals surface area (Å²) in [5, 5.41) is 2.80. The predicted molar refractivity (Wildman–Crippen MR) is 76.3 cm³/mol. The van der Waals surface area contributed by atoms with E-state index >= 15 is 0 Å². The van der Waals surface area contributed by atoms with Crippen LogP contribution < -0.4 is 5.32 Å². The monoisotopic (exact) mass is 339 g/mol. The van der Waals surface area contributed by atoms with Gasteiger partial charge in [-0.3, -0.25) is 0 Å². The quantitative estimate of drug-likeness (QED) is 0.473. The van der Waals surface area contributed by atoms with Gasteiger partial charge in [0.15, 0.2) is 6.29 Å². The van der Waals surface area contributed by atoms with Gasteiger partial charge in [0.1, 0.15) is 5.82 Å². The minimum Gasteiger partial charge on any atom is -0.380 e. The van der Waals surface area contributed by atoms with Gasteiger partial charge in [-0.25, -0.2) is 4.39 Å². The van der Waals surface area contributed by atoms with Crippen molar-refractivity contribution in [3.8, 4) is 0 Å². The number of rotatable bonds is 6. The number of hydrogen-bond acceptors (Lipinski definition) is 4. The van der Waals surface area contributed by atoms with Gasteiger partial charge in [-0.05, 0) is 49.2 Å². The molecule has 1 atom stereocenters. The van der Waals surface area contributed by atoms with E-state index in [-0.39, 0.29) is 28.6 Å². The van der Waals surface area contributed by atoms with Crippen LogP contribution in [0.2, 0.25) is 0 Å². The molecule has 1 fully saturated rings. The van der Waals surface area contributed by atoms with E-state index in [0.717, 1.165) is 25.3 Å². The van der Waals surface area contributed by atoms with Gasteiger partial charge in [0.2, 0.25) is 0 Å². The highest BCUT2D eigenvalue weighted by molar-refractivity contribution is 8.00. The molecule has 1 aromatic carbocycles. The van der Waals surface area contributed by atoms with E-state index in [1.54, 1.807) is 0 Å². The second-order valence-corrected chi connectivity index (χ2v) is 5.92. The fourth-order valence-electron chi connectivity index (χ4n) is 2.06. The third-order valence-corrected chi connectivity index (χ3v) is 3.75. The third-order valence-electron chi connectivity index (χ3n) is 3.03. The zero-order valence-corrected chi connectivity index (χ0v) is 12.6. The van der Waals surface area contributed by atoms with Crippen LogP contribution in [0.5, 0.6) is 0 Å². The second-order valence-electron chi connectivity index (χ2n) is 4.78. The van der Waals surface area contributed by atoms with Crippen molar-refractivity contribution in [3.63, 3.8) is 0 Å². The first-order valence-corrected chi connectivity index (χ1v) is 7.78. The molecule has 0 radical (unpaired) electrons. The molecule has 0 bridgehead atoms. The van der Waals surface area contributed by atoms with Gasteiger partial charge in [0.25, 0.3) is 0 Å². The number of nitrogens with one attached hydrogen (secondary N) is 1. The zero-order chi connectivity index (χ0) is 16.0. The van der Waals surface area contributed by atoms with Gasteiger partial charge in [-0.15, -0.1) is 0 Å². The van der Waals surface area contributed by atoms with Crippen LogP contribution in [-0.4, -0.2) is 31.6 Å². The number of hydrogen-bond donors (Lipinski definition) is 1. The molecule has 1 aliphatic rings. The van der Waals surface area contributed by atoms with Crippen LogP contribution in [0, 0.1) is 5.82 Å². The van der Waals surface area contributed by atoms with E-state index in [0.29, 0.717) is 19.8 Å². The Morgan fingerprint density at radius 3 is 2.77 bits per heavy atom. The molecular weight excluding hydrogens is 322 g/mol. The lowest BCUT2D eigenvalue weighted by Crippen LogP contribution is -2.24. The molecule has 1 saturated heterocycles. The Bertz CT molecular complexity index is 478. The third kappa shape index (κ3) is 6.02. The largest absolute Gasteiger partial charge is 0.446 e. The molecule has 0 spiro atoms. The van der Waals surface area contributed by atoms with E-state index in [4.69, 9.17) is 9.47 Å². The maximum Gasteiger partial charge on any atom is 0.446 e. The smallest absolute Gasteiger partial charge is 0.380 e. The molecule has 1 aliphatic heterocycles. The van der Waals surface area contributed by atoms with Gasteiger partial charge in [-0.1, -0.05) is 0 Å². The minimum absolute atomic E-state index is 0.152. The number of ether oxygens (including phenoxy) is 2. The van der Waals surface area contributed by atoms with Crippen molar-refractivity contribution < 1.29 is 27.0 Å². The summed E-state index contributed by atoms with van der Waals surface area (Å²) in [7, 11) is 0. The van der Waals surface area contributed by atoms with Gasteiger partial charge < -0.3 is 14.8 Å². The maximum absolute atomic E-state index is 13.7. The number of benzene rings is 1. The Labute approximate surface area is 130 Å². The van der Waals surface area contributed by atoms with E-state index in [2.05, 4.69) is 5.32 Å². The molecular formula is C14H17F4NO2S. The first-order chi connectivity index (χ1) is 10.4. The van der Waals surface area contributed by atoms with E-state index in [9.17, 15) is 17.6 Å². The summed E-state index contributed by atoms with van der Waals surface area (Å²) in [4.78, 5) is -0.178. The average molecular weight is 339 g/mol. The SMILES string of the molecule is Fc1cc(SC(F)(F)F)ccc1NCCOC1CCCCO1. The summed E-state index contributed by atoms with van der Waals surface area (Å²) >= 11 is -0.338. The van der Waals surface area contributed by atoms with Gasteiger partial charge in [0.05, 0.1) is 12.3 Å². The molecule has 1 heterocycles. The Kier molecular flexibility index (Phi) is 6.34. The van der Waals surface area contributed by atoms with Crippen molar-refractivity contribution in [2.45, 2.75) is 36.0 Å². The highest BCUT2D eigenvalue weighted by atomic mass is 32.2. The Morgan fingerprint density at radius 2 is 2.14 bits per heavy atom. The molecule has 2 rings (SSSR count). The summed E-state index contributed by atoms with van der Waals surface area (Å²) in [5.41, 5.74) is -4.27. The fourth-order valence-corrected chi connectivity index (χ4v) is 2.62. The van der Waals surface area contributed by atoms with Crippen molar-refractivity contribution in [2.75, 3.05) is 25.1 Å². The second kappa shape index (κ2) is 8.03. The standard InChI is InChI=1S/C14H17F4NO2S/c15-11-9-10(22-14(16,17)18)4-5-12(11)19-6-8-21-13-3-1-2-7-20-13/h4-5,9,13,19H,1-3,6-8H2. The molecule has 22 heavy (non-hydrogen) atoms. The Hall–Kier alpha value is -0.990. The molecule has 3 nitrogen and oxygen atoms in total. The molecule has 0 saturated carbocycles. The summed E-state index contributed by atoms with van der Waals surface area (Å²) in [6.45, 7) is 1.37. The van der Waals surface area contributed by atoms with Crippen molar-refractivity contribution in [3.05, 3.63) is 24.0 Å². The van der Waals surface area contributed by atoms with Crippen LogP contribution in [0.25, 0.3) is 0 Å². The lowest BCUT2D eigenvalue weighted by molar-refractivity contribution is -0.159. The van der Waals surface area contributed by atoms with Crippen molar-refractivity contribution in [1.29, 1.82) is 0 Å². The normalized spacial score (nSPS) is 19.2. The Balaban J connectivity index is 1.75. The molecule has 1 N–H and O–H groups in total. The van der Waals surface area contributed by atoms with Crippen LogP contribution >= 0.6 is 11.8 Å². The highest BCUT2D eigenvalue weighted by Crippen LogP contribution is 2.37. The average Bonchev–Trinajstić information content (AvgIpc) is 2.45. The van der Waals surface area contributed by atoms with Crippen LogP contribution in [0.15, 0.2) is 23.1 Å². The first-order valence-electron chi connectivity index (χ1n) is 6.96. The highest BCUT2D eigenvalue weighted by Gasteiger charge is 2.29. The van der Waals surface area contributed by atoms with Crippen molar-refractivity contribution >= 4 is 17.4 Å². The lowest BCUT2D eigenvalue weighted by Gasteiger charge is -2.22. The molecule has 1 aromatic rings. The van der Waals surface area contributed by atoms with Crippen molar-refractivity contribution in [2.24, 2.45) is 0 Å². The molecule has 1 unspecified atom stereocenters. The maximum atomic E-state index is 13.7. The van der Waals surface area contributed by atoms with E-state index in [1.165, 1.54) is 12.1 Å². The number of anilines is 1. The number of thioether (sulfide) groups is 1. The van der Waals surface area contributed by atoms with E-state index < -0.39 is 11.3 Å². The van der Waals surface area contributed by atoms with Crippen LogP contribution in [0.4, 0.5) is 23.2 Å². The van der Waals surface area contributed by atoms with Gasteiger partial charge >= 0.3 is 5.51 Å². The zero-order valence-electron chi connectivity index (χ0n) is 11.8.